The molecule has 0 aliphatic carbocycles. The second kappa shape index (κ2) is 16.3. The predicted molar refractivity (Wildman–Crippen MR) is 190 cm³/mol. The molecule has 0 spiro atoms. The molecule has 5 atom stereocenters. The average molecular weight is 708 g/mol. The van der Waals surface area contributed by atoms with E-state index < -0.39 is 46.0 Å². The van der Waals surface area contributed by atoms with Crippen molar-refractivity contribution in [2.45, 2.75) is 75.7 Å². The summed E-state index contributed by atoms with van der Waals surface area (Å²) in [4.78, 5) is 58.5. The van der Waals surface area contributed by atoms with Crippen molar-refractivity contribution in [3.63, 3.8) is 0 Å². The molecule has 14 heteroatoms. The van der Waals surface area contributed by atoms with Gasteiger partial charge in [-0.05, 0) is 67.8 Å². The van der Waals surface area contributed by atoms with Crippen LogP contribution in [0.4, 0.5) is 0 Å². The lowest BCUT2D eigenvalue weighted by Gasteiger charge is -2.34. The van der Waals surface area contributed by atoms with Gasteiger partial charge in [0.05, 0.1) is 12.3 Å². The summed E-state index contributed by atoms with van der Waals surface area (Å²) in [6, 6.07) is 14.8. The summed E-state index contributed by atoms with van der Waals surface area (Å²) in [6.07, 6.45) is 3.70. The number of carbonyl (C=O) groups is 4. The van der Waals surface area contributed by atoms with Crippen LogP contribution in [0.15, 0.2) is 71.8 Å². The maximum Gasteiger partial charge on any atom is 0.246 e. The largest absolute Gasteiger partial charge is 0.343 e. The normalized spacial score (nSPS) is 21.2. The van der Waals surface area contributed by atoms with Crippen LogP contribution in [0.3, 0.4) is 0 Å². The molecule has 4 amide bonds. The van der Waals surface area contributed by atoms with Gasteiger partial charge < -0.3 is 31.9 Å². The monoisotopic (exact) mass is 707 g/mol. The Hall–Kier alpha value is -4.11. The Morgan fingerprint density at radius 1 is 0.880 bits per heavy atom. The van der Waals surface area contributed by atoms with E-state index >= 15 is 0 Å². The lowest BCUT2D eigenvalue weighted by molar-refractivity contribution is -0.145. The summed E-state index contributed by atoms with van der Waals surface area (Å²) in [7, 11) is -3.35. The molecule has 50 heavy (non-hydrogen) atoms. The topological polar surface area (TPSA) is 188 Å². The van der Waals surface area contributed by atoms with Crippen LogP contribution in [0.2, 0.25) is 0 Å². The summed E-state index contributed by atoms with van der Waals surface area (Å²) < 4.78 is 25.6. The van der Waals surface area contributed by atoms with Crippen molar-refractivity contribution in [1.29, 1.82) is 0 Å². The molecule has 270 valence electrons. The molecular weight excluding hydrogens is 659 g/mol. The third-order valence-electron chi connectivity index (χ3n) is 9.80. The SMILES string of the molecule is CC1CC(NC(=O)C(Cc2ccccc2)NC(=O)C(N)Cc2ccccc2)C(=O)N1C(CCCCN)C(=O)N1CC2=C(C1)CN(S(C)(=O)=O)C2. The van der Waals surface area contributed by atoms with Crippen molar-refractivity contribution in [1.82, 2.24) is 24.7 Å². The number of sulfonamides is 1. The second-order valence-electron chi connectivity index (χ2n) is 13.7. The van der Waals surface area contributed by atoms with Gasteiger partial charge in [-0.2, -0.15) is 4.31 Å². The molecule has 5 unspecified atom stereocenters. The number of hydrogen-bond acceptors (Lipinski definition) is 8. The molecule has 2 aromatic rings. The molecule has 0 saturated carbocycles. The zero-order valence-corrected chi connectivity index (χ0v) is 29.6. The van der Waals surface area contributed by atoms with Crippen LogP contribution in [-0.2, 0) is 42.0 Å². The maximum absolute atomic E-state index is 14.1. The van der Waals surface area contributed by atoms with E-state index in [9.17, 15) is 27.6 Å². The van der Waals surface area contributed by atoms with Gasteiger partial charge in [-0.15, -0.1) is 0 Å². The minimum absolute atomic E-state index is 0.195. The fourth-order valence-corrected chi connectivity index (χ4v) is 7.90. The van der Waals surface area contributed by atoms with Crippen LogP contribution in [0.25, 0.3) is 0 Å². The van der Waals surface area contributed by atoms with E-state index in [4.69, 9.17) is 11.5 Å². The Bertz CT molecular complexity index is 1670. The summed E-state index contributed by atoms with van der Waals surface area (Å²) in [6.45, 7) is 3.48. The maximum atomic E-state index is 14.1. The van der Waals surface area contributed by atoms with Gasteiger partial charge in [0.25, 0.3) is 0 Å². The Kier molecular flexibility index (Phi) is 12.1. The van der Waals surface area contributed by atoms with Gasteiger partial charge in [0.1, 0.15) is 18.1 Å². The smallest absolute Gasteiger partial charge is 0.246 e. The van der Waals surface area contributed by atoms with Gasteiger partial charge in [-0.1, -0.05) is 60.7 Å². The number of likely N-dealkylation sites (tertiary alicyclic amines) is 1. The van der Waals surface area contributed by atoms with Gasteiger partial charge in [0, 0.05) is 38.6 Å². The van der Waals surface area contributed by atoms with E-state index in [2.05, 4.69) is 10.6 Å². The van der Waals surface area contributed by atoms with Crippen molar-refractivity contribution >= 4 is 33.7 Å². The molecule has 3 heterocycles. The number of benzene rings is 2. The fourth-order valence-electron chi connectivity index (χ4n) is 7.12. The molecule has 3 aliphatic heterocycles. The summed E-state index contributed by atoms with van der Waals surface area (Å²) >= 11 is 0. The Balaban J connectivity index is 1.27. The van der Waals surface area contributed by atoms with Gasteiger partial charge in [-0.3, -0.25) is 19.2 Å². The van der Waals surface area contributed by atoms with Crippen LogP contribution >= 0.6 is 0 Å². The lowest BCUT2D eigenvalue weighted by atomic mass is 10.0. The summed E-state index contributed by atoms with van der Waals surface area (Å²) in [5.41, 5.74) is 15.6. The minimum atomic E-state index is -3.35. The number of hydrogen-bond donors (Lipinski definition) is 4. The van der Waals surface area contributed by atoms with E-state index in [1.165, 1.54) is 10.6 Å². The number of nitrogens with two attached hydrogens (primary N) is 2. The molecule has 0 radical (unpaired) electrons. The number of unbranched alkanes of at least 4 members (excludes halogenated alkanes) is 1. The molecule has 5 rings (SSSR count). The predicted octanol–water partition coefficient (Wildman–Crippen LogP) is 0.301. The van der Waals surface area contributed by atoms with Crippen LogP contribution < -0.4 is 22.1 Å². The standard InChI is InChI=1S/C36H49N7O6S/c1-24-17-31(40-34(45)30(19-26-13-7-4-8-14-26)39-33(44)29(38)18-25-11-5-3-6-12-25)35(46)43(24)32(15-9-10-16-37)36(47)41-20-27-22-42(50(2,48)49)23-28(27)21-41/h3-8,11-14,24,29-32H,9-10,15-23,37-38H2,1-2H3,(H,39,44)(H,40,45). The zero-order chi connectivity index (χ0) is 36.0. The number of rotatable bonds is 15. The fraction of sp³-hybridized carbons (Fsp3) is 0.500. The van der Waals surface area contributed by atoms with Gasteiger partial charge in [-0.25, -0.2) is 8.42 Å². The third-order valence-corrected chi connectivity index (χ3v) is 11.0. The minimum Gasteiger partial charge on any atom is -0.343 e. The number of carbonyl (C=O) groups excluding carboxylic acids is 4. The molecule has 1 fully saturated rings. The second-order valence-corrected chi connectivity index (χ2v) is 15.7. The van der Waals surface area contributed by atoms with E-state index in [-0.39, 0.29) is 37.4 Å². The summed E-state index contributed by atoms with van der Waals surface area (Å²) in [5, 5.41) is 5.71. The molecule has 1 saturated heterocycles. The number of nitrogens with zero attached hydrogens (tertiary/aromatic N) is 3. The highest BCUT2D eigenvalue weighted by molar-refractivity contribution is 7.88. The molecule has 2 aromatic carbocycles. The van der Waals surface area contributed by atoms with Crippen LogP contribution in [0.1, 0.15) is 43.7 Å². The highest BCUT2D eigenvalue weighted by Gasteiger charge is 2.46. The van der Waals surface area contributed by atoms with E-state index in [0.29, 0.717) is 51.7 Å². The van der Waals surface area contributed by atoms with Crippen LogP contribution in [0, 0.1) is 0 Å². The molecule has 6 N–H and O–H groups in total. The molecule has 3 aliphatic rings. The van der Waals surface area contributed by atoms with Crippen molar-refractivity contribution in [3.8, 4) is 0 Å². The Labute approximate surface area is 294 Å². The number of nitrogens with one attached hydrogen (secondary N) is 2. The quantitative estimate of drug-likeness (QED) is 0.150. The average Bonchev–Trinajstić information content (AvgIpc) is 3.75. The molecule has 0 aromatic heterocycles. The van der Waals surface area contributed by atoms with Gasteiger partial charge in [0.15, 0.2) is 0 Å². The zero-order valence-electron chi connectivity index (χ0n) is 28.8. The van der Waals surface area contributed by atoms with Gasteiger partial charge in [0.2, 0.25) is 33.7 Å². The van der Waals surface area contributed by atoms with Crippen LogP contribution in [-0.4, -0.2) is 115 Å². The Morgan fingerprint density at radius 3 is 2.02 bits per heavy atom. The molecule has 0 bridgehead atoms. The molecular formula is C36H49N7O6S. The first kappa shape index (κ1) is 37.2. The van der Waals surface area contributed by atoms with E-state index in [1.54, 1.807) is 9.80 Å². The van der Waals surface area contributed by atoms with Crippen molar-refractivity contribution in [2.24, 2.45) is 11.5 Å². The third kappa shape index (κ3) is 8.97. The van der Waals surface area contributed by atoms with Crippen molar-refractivity contribution < 1.29 is 27.6 Å². The highest BCUT2D eigenvalue weighted by atomic mass is 32.2. The number of amides is 4. The first-order valence-corrected chi connectivity index (χ1v) is 19.1. The van der Waals surface area contributed by atoms with Crippen molar-refractivity contribution in [2.75, 3.05) is 39.0 Å². The van der Waals surface area contributed by atoms with Gasteiger partial charge >= 0.3 is 0 Å². The Morgan fingerprint density at radius 2 is 1.46 bits per heavy atom. The van der Waals surface area contributed by atoms with Crippen molar-refractivity contribution in [3.05, 3.63) is 82.9 Å². The summed E-state index contributed by atoms with van der Waals surface area (Å²) in [5.74, 6) is -1.54. The molecule has 13 nitrogen and oxygen atoms in total. The van der Waals surface area contributed by atoms with Crippen LogP contribution in [0.5, 0.6) is 0 Å². The first-order chi connectivity index (χ1) is 23.8. The van der Waals surface area contributed by atoms with E-state index in [1.807, 2.05) is 67.6 Å². The lowest BCUT2D eigenvalue weighted by Crippen LogP contribution is -2.56. The first-order valence-electron chi connectivity index (χ1n) is 17.3. The highest BCUT2D eigenvalue weighted by Crippen LogP contribution is 2.31. The van der Waals surface area contributed by atoms with E-state index in [0.717, 1.165) is 22.3 Å².